The van der Waals surface area contributed by atoms with Gasteiger partial charge in [0.25, 0.3) is 11.5 Å². The van der Waals surface area contributed by atoms with E-state index in [2.05, 4.69) is 4.99 Å². The van der Waals surface area contributed by atoms with Gasteiger partial charge in [-0.2, -0.15) is 0 Å². The van der Waals surface area contributed by atoms with Crippen LogP contribution in [0.2, 0.25) is 0 Å². The number of rotatable bonds is 10. The number of benzene rings is 2. The Kier molecular flexibility index (Phi) is 9.70. The summed E-state index contributed by atoms with van der Waals surface area (Å²) in [7, 11) is 3.07. The molecule has 2 aromatic carbocycles. The van der Waals surface area contributed by atoms with Crippen LogP contribution in [-0.4, -0.2) is 81.7 Å². The van der Waals surface area contributed by atoms with Crippen LogP contribution in [0.4, 0.5) is 0 Å². The minimum absolute atomic E-state index is 0.0590. The average molecular weight is 608 g/mol. The van der Waals surface area contributed by atoms with Gasteiger partial charge in [0, 0.05) is 25.8 Å². The molecular weight excluding hydrogens is 574 g/mol. The van der Waals surface area contributed by atoms with Gasteiger partial charge in [0.1, 0.15) is 24.1 Å². The minimum Gasteiger partial charge on any atom is -0.496 e. The van der Waals surface area contributed by atoms with Crippen molar-refractivity contribution in [1.29, 1.82) is 0 Å². The molecule has 1 fully saturated rings. The number of methoxy groups -OCH3 is 2. The van der Waals surface area contributed by atoms with Crippen LogP contribution >= 0.6 is 11.3 Å². The van der Waals surface area contributed by atoms with Crippen LogP contribution in [0.5, 0.6) is 11.5 Å². The lowest BCUT2D eigenvalue weighted by molar-refractivity contribution is -0.141. The SMILES string of the molecule is COCCOC(=O)C1=C(C)N=c2sc(=Cc3ccc(OCC(=O)N4CCOCC4)cc3)c(=O)n2C1c1ccccc1OC. The van der Waals surface area contributed by atoms with E-state index in [1.807, 2.05) is 30.3 Å². The van der Waals surface area contributed by atoms with E-state index in [-0.39, 0.29) is 36.9 Å². The standard InChI is InChI=1S/C31H33N3O8S/c1-20-27(30(37)41-17-16-38-2)28(23-6-4-5-7-24(23)39-3)34-29(36)25(43-31(34)32-20)18-21-8-10-22(11-9-21)42-19-26(35)33-12-14-40-15-13-33/h4-11,18,28H,12-17,19H2,1-3H3. The van der Waals surface area contributed by atoms with Crippen molar-refractivity contribution in [2.75, 3.05) is 60.3 Å². The third-order valence-corrected chi connectivity index (χ3v) is 8.08. The van der Waals surface area contributed by atoms with E-state index >= 15 is 0 Å². The zero-order valence-electron chi connectivity index (χ0n) is 24.2. The Hall–Kier alpha value is -4.26. The molecule has 0 aliphatic carbocycles. The second-order valence-electron chi connectivity index (χ2n) is 9.80. The molecule has 0 saturated carbocycles. The van der Waals surface area contributed by atoms with Gasteiger partial charge in [-0.1, -0.05) is 41.7 Å². The summed E-state index contributed by atoms with van der Waals surface area (Å²) in [6.45, 7) is 4.17. The van der Waals surface area contributed by atoms with Gasteiger partial charge in [-0.3, -0.25) is 14.2 Å². The first-order valence-corrected chi connectivity index (χ1v) is 14.6. The molecule has 1 unspecified atom stereocenters. The maximum atomic E-state index is 13.9. The van der Waals surface area contributed by atoms with Crippen molar-refractivity contribution < 1.29 is 33.3 Å². The molecule has 1 amide bonds. The highest BCUT2D eigenvalue weighted by Gasteiger charge is 2.35. The number of nitrogens with zero attached hydrogens (tertiary/aromatic N) is 3. The van der Waals surface area contributed by atoms with Crippen molar-refractivity contribution >= 4 is 29.3 Å². The van der Waals surface area contributed by atoms with E-state index < -0.39 is 12.0 Å². The Balaban J connectivity index is 1.45. The Morgan fingerprint density at radius 2 is 1.81 bits per heavy atom. The second kappa shape index (κ2) is 13.8. The first kappa shape index (κ1) is 30.2. The van der Waals surface area contributed by atoms with E-state index in [0.29, 0.717) is 58.4 Å². The van der Waals surface area contributed by atoms with Crippen molar-refractivity contribution in [2.24, 2.45) is 4.99 Å². The van der Waals surface area contributed by atoms with Crippen molar-refractivity contribution in [3.05, 3.63) is 90.6 Å². The first-order valence-electron chi connectivity index (χ1n) is 13.8. The monoisotopic (exact) mass is 607 g/mol. The fourth-order valence-corrected chi connectivity index (χ4v) is 5.97. The molecular formula is C31H33N3O8S. The molecule has 0 radical (unpaired) electrons. The van der Waals surface area contributed by atoms with Crippen LogP contribution in [0.25, 0.3) is 6.08 Å². The number of amides is 1. The third kappa shape index (κ3) is 6.71. The number of hydrogen-bond acceptors (Lipinski definition) is 10. The van der Waals surface area contributed by atoms with Gasteiger partial charge in [0.2, 0.25) is 0 Å². The van der Waals surface area contributed by atoms with Crippen molar-refractivity contribution in [3.63, 3.8) is 0 Å². The van der Waals surface area contributed by atoms with Crippen molar-refractivity contribution in [3.8, 4) is 11.5 Å². The first-order chi connectivity index (χ1) is 20.9. The molecule has 226 valence electrons. The van der Waals surface area contributed by atoms with E-state index in [4.69, 9.17) is 23.7 Å². The summed E-state index contributed by atoms with van der Waals surface area (Å²) in [5.74, 6) is 0.409. The molecule has 0 bridgehead atoms. The molecule has 12 heteroatoms. The van der Waals surface area contributed by atoms with Gasteiger partial charge in [-0.15, -0.1) is 0 Å². The maximum absolute atomic E-state index is 13.9. The molecule has 3 aromatic rings. The average Bonchev–Trinajstić information content (AvgIpc) is 3.33. The molecule has 5 rings (SSSR count). The van der Waals surface area contributed by atoms with E-state index in [1.165, 1.54) is 23.0 Å². The molecule has 1 saturated heterocycles. The Labute approximate surface area is 252 Å². The van der Waals surface area contributed by atoms with Gasteiger partial charge in [0.05, 0.1) is 42.7 Å². The smallest absolute Gasteiger partial charge is 0.338 e. The zero-order valence-corrected chi connectivity index (χ0v) is 25.1. The maximum Gasteiger partial charge on any atom is 0.338 e. The molecule has 3 heterocycles. The predicted octanol–water partition coefficient (Wildman–Crippen LogP) is 1.67. The molecule has 11 nitrogen and oxygen atoms in total. The van der Waals surface area contributed by atoms with Crippen molar-refractivity contribution in [1.82, 2.24) is 9.47 Å². The molecule has 1 aromatic heterocycles. The number of morpholine rings is 1. The van der Waals surface area contributed by atoms with E-state index in [9.17, 15) is 14.4 Å². The fraction of sp³-hybridized carbons (Fsp3) is 0.355. The quantitative estimate of drug-likeness (QED) is 0.253. The van der Waals surface area contributed by atoms with Crippen LogP contribution in [0.3, 0.4) is 0 Å². The number of carbonyl (C=O) groups excluding carboxylic acids is 2. The predicted molar refractivity (Wildman–Crippen MR) is 159 cm³/mol. The number of carbonyl (C=O) groups is 2. The lowest BCUT2D eigenvalue weighted by Crippen LogP contribution is -2.42. The van der Waals surface area contributed by atoms with Crippen LogP contribution in [-0.2, 0) is 23.8 Å². The lowest BCUT2D eigenvalue weighted by Gasteiger charge is -2.26. The Bertz CT molecular complexity index is 1690. The number of hydrogen-bond donors (Lipinski definition) is 0. The topological polar surface area (TPSA) is 118 Å². The van der Waals surface area contributed by atoms with Gasteiger partial charge in [0.15, 0.2) is 11.4 Å². The molecule has 1 atom stereocenters. The second-order valence-corrected chi connectivity index (χ2v) is 10.8. The van der Waals surface area contributed by atoms with Crippen LogP contribution < -0.4 is 24.4 Å². The summed E-state index contributed by atoms with van der Waals surface area (Å²) < 4.78 is 29.0. The van der Waals surface area contributed by atoms with Gasteiger partial charge in [-0.25, -0.2) is 9.79 Å². The summed E-state index contributed by atoms with van der Waals surface area (Å²) in [4.78, 5) is 46.4. The summed E-state index contributed by atoms with van der Waals surface area (Å²) in [6, 6.07) is 13.6. The van der Waals surface area contributed by atoms with Gasteiger partial charge >= 0.3 is 5.97 Å². The molecule has 0 N–H and O–H groups in total. The van der Waals surface area contributed by atoms with E-state index in [0.717, 1.165) is 5.56 Å². The largest absolute Gasteiger partial charge is 0.496 e. The number of allylic oxidation sites excluding steroid dienone is 1. The molecule has 0 spiro atoms. The number of esters is 1. The van der Waals surface area contributed by atoms with Crippen LogP contribution in [0.1, 0.15) is 24.1 Å². The highest BCUT2D eigenvalue weighted by molar-refractivity contribution is 7.07. The Morgan fingerprint density at radius 3 is 2.53 bits per heavy atom. The number of fused-ring (bicyclic) bond motifs is 1. The number of ether oxygens (including phenoxy) is 5. The summed E-state index contributed by atoms with van der Waals surface area (Å²) in [5.41, 5.74) is 1.82. The normalized spacial score (nSPS) is 16.9. The number of aromatic nitrogens is 1. The fourth-order valence-electron chi connectivity index (χ4n) is 4.93. The summed E-state index contributed by atoms with van der Waals surface area (Å²) in [6.07, 6.45) is 1.77. The molecule has 2 aliphatic rings. The van der Waals surface area contributed by atoms with Crippen LogP contribution in [0, 0.1) is 0 Å². The number of thiazole rings is 1. The highest BCUT2D eigenvalue weighted by atomic mass is 32.1. The molecule has 2 aliphatic heterocycles. The number of para-hydroxylation sites is 1. The third-order valence-electron chi connectivity index (χ3n) is 7.10. The van der Waals surface area contributed by atoms with Crippen LogP contribution in [0.15, 0.2) is 69.6 Å². The van der Waals surface area contributed by atoms with E-state index in [1.54, 1.807) is 43.2 Å². The van der Waals surface area contributed by atoms with Gasteiger partial charge < -0.3 is 28.6 Å². The Morgan fingerprint density at radius 1 is 1.07 bits per heavy atom. The zero-order chi connectivity index (χ0) is 30.3. The summed E-state index contributed by atoms with van der Waals surface area (Å²) >= 11 is 1.23. The molecule has 43 heavy (non-hydrogen) atoms. The highest BCUT2D eigenvalue weighted by Crippen LogP contribution is 2.35. The summed E-state index contributed by atoms with van der Waals surface area (Å²) in [5, 5.41) is 0. The lowest BCUT2D eigenvalue weighted by atomic mass is 9.95. The van der Waals surface area contributed by atoms with Gasteiger partial charge in [-0.05, 0) is 36.8 Å². The van der Waals surface area contributed by atoms with Crippen molar-refractivity contribution in [2.45, 2.75) is 13.0 Å². The minimum atomic E-state index is -0.802.